The number of fused-ring (bicyclic) bond motifs is 4. The lowest BCUT2D eigenvalue weighted by Crippen LogP contribution is -2.66. The summed E-state index contributed by atoms with van der Waals surface area (Å²) in [5.74, 6) is 0.500. The molecular weight excluding hydrogens is 614 g/mol. The predicted octanol–water partition coefficient (Wildman–Crippen LogP) is 6.80. The summed E-state index contributed by atoms with van der Waals surface area (Å²) < 4.78 is 95.6. The maximum Gasteiger partial charge on any atom is 0.416 e. The van der Waals surface area contributed by atoms with Gasteiger partial charge < -0.3 is 9.47 Å². The fourth-order valence-corrected chi connectivity index (χ4v) is 6.68. The van der Waals surface area contributed by atoms with Gasteiger partial charge >= 0.3 is 18.0 Å². The molecule has 0 spiro atoms. The number of rotatable bonds is 9. The minimum atomic E-state index is -4.97. The number of hydrogen-bond acceptors (Lipinski definition) is 5. The molecule has 6 rings (SSSR count). The first-order valence-corrected chi connectivity index (χ1v) is 14.8. The maximum absolute atomic E-state index is 13.6. The second-order valence-electron chi connectivity index (χ2n) is 12.0. The zero-order chi connectivity index (χ0) is 32.7. The molecule has 0 amide bonds. The third kappa shape index (κ3) is 6.10. The summed E-state index contributed by atoms with van der Waals surface area (Å²) in [6.07, 6.45) is -10.1. The lowest BCUT2D eigenvalue weighted by Gasteiger charge is -2.56. The van der Waals surface area contributed by atoms with Crippen molar-refractivity contribution in [3.05, 3.63) is 123 Å². The third-order valence-electron chi connectivity index (χ3n) is 9.09. The minimum absolute atomic E-state index is 0.0363. The average molecular weight is 647 g/mol. The summed E-state index contributed by atoms with van der Waals surface area (Å²) in [5, 5.41) is 6.85. The molecule has 1 saturated heterocycles. The maximum atomic E-state index is 13.6. The lowest BCUT2D eigenvalue weighted by molar-refractivity contribution is -0.143. The van der Waals surface area contributed by atoms with Crippen molar-refractivity contribution in [3.63, 3.8) is 0 Å². The summed E-state index contributed by atoms with van der Waals surface area (Å²) in [6, 6.07) is 20.6. The van der Waals surface area contributed by atoms with Crippen LogP contribution in [-0.4, -0.2) is 39.4 Å². The number of hydrogen-bond donors (Lipinski definition) is 1. The number of nitrogens with one attached hydrogen (secondary N) is 1. The topological polar surface area (TPSA) is 72.4 Å². The van der Waals surface area contributed by atoms with E-state index in [9.17, 15) is 31.1 Å². The van der Waals surface area contributed by atoms with Gasteiger partial charge in [-0.3, -0.25) is 9.47 Å². The number of alkyl halides is 6. The van der Waals surface area contributed by atoms with Crippen molar-refractivity contribution in [3.8, 4) is 0 Å². The molecule has 2 aliphatic rings. The van der Waals surface area contributed by atoms with Crippen LogP contribution >= 0.6 is 0 Å². The van der Waals surface area contributed by atoms with Gasteiger partial charge in [0.1, 0.15) is 5.82 Å². The van der Waals surface area contributed by atoms with Crippen molar-refractivity contribution >= 4 is 0 Å². The Hall–Kier alpha value is -3.94. The average Bonchev–Trinajstić information content (AvgIpc) is 3.41. The Kier molecular flexibility index (Phi) is 8.36. The van der Waals surface area contributed by atoms with Gasteiger partial charge in [-0.25, -0.2) is 9.89 Å². The first-order valence-electron chi connectivity index (χ1n) is 14.8. The molecule has 3 aromatic carbocycles. The molecule has 0 aliphatic carbocycles. The van der Waals surface area contributed by atoms with Crippen molar-refractivity contribution in [1.82, 2.24) is 19.7 Å². The van der Waals surface area contributed by atoms with E-state index in [1.165, 1.54) is 6.92 Å². The van der Waals surface area contributed by atoms with Gasteiger partial charge in [0.15, 0.2) is 0 Å². The minimum Gasteiger partial charge on any atom is -0.374 e. The summed E-state index contributed by atoms with van der Waals surface area (Å²) >= 11 is 0. The molecule has 7 nitrogen and oxygen atoms in total. The molecule has 0 saturated carbocycles. The van der Waals surface area contributed by atoms with Crippen LogP contribution in [0.1, 0.15) is 59.5 Å². The van der Waals surface area contributed by atoms with Gasteiger partial charge in [-0.15, -0.1) is 0 Å². The Morgan fingerprint density at radius 2 is 1.52 bits per heavy atom. The van der Waals surface area contributed by atoms with Gasteiger partial charge in [0.05, 0.1) is 54.7 Å². The quantitative estimate of drug-likeness (QED) is 0.203. The molecule has 1 fully saturated rings. The van der Waals surface area contributed by atoms with E-state index in [2.05, 4.69) is 15.1 Å². The fraction of sp³-hybridized carbons (Fsp3) is 0.394. The van der Waals surface area contributed by atoms with Gasteiger partial charge in [-0.2, -0.15) is 31.4 Å². The molecule has 2 bridgehead atoms. The van der Waals surface area contributed by atoms with E-state index in [1.807, 2.05) is 60.7 Å². The smallest absolute Gasteiger partial charge is 0.374 e. The first kappa shape index (κ1) is 32.0. The molecule has 2 aliphatic heterocycles. The Morgan fingerprint density at radius 3 is 2.15 bits per heavy atom. The normalized spacial score (nSPS) is 23.6. The zero-order valence-electron chi connectivity index (χ0n) is 24.9. The molecule has 1 unspecified atom stereocenters. The molecular formula is C33H32F6N4O3. The SMILES string of the molecule is C[C@@H](OC[C@@]1(c2ccccc2)CC[C@]2(COCc3ccccc3)CN1Cc1n[nH]c(=O)n12)c1cc(C(F)(F)F)cc(C(F)(F)F)c1. The van der Waals surface area contributed by atoms with Gasteiger partial charge in [0, 0.05) is 6.54 Å². The van der Waals surface area contributed by atoms with E-state index >= 15 is 0 Å². The highest BCUT2D eigenvalue weighted by Gasteiger charge is 2.54. The predicted molar refractivity (Wildman–Crippen MR) is 155 cm³/mol. The van der Waals surface area contributed by atoms with E-state index < -0.39 is 40.7 Å². The lowest BCUT2D eigenvalue weighted by atomic mass is 9.73. The summed E-state index contributed by atoms with van der Waals surface area (Å²) in [6.45, 7) is 2.60. The Labute approximate surface area is 260 Å². The van der Waals surface area contributed by atoms with Gasteiger partial charge in [0.25, 0.3) is 0 Å². The summed E-state index contributed by atoms with van der Waals surface area (Å²) in [7, 11) is 0. The van der Waals surface area contributed by atoms with E-state index in [-0.39, 0.29) is 37.1 Å². The molecule has 4 atom stereocenters. The first-order chi connectivity index (χ1) is 21.8. The van der Waals surface area contributed by atoms with Crippen LogP contribution in [0.4, 0.5) is 26.3 Å². The van der Waals surface area contributed by atoms with Crippen molar-refractivity contribution in [2.45, 2.75) is 62.5 Å². The molecule has 0 radical (unpaired) electrons. The second kappa shape index (κ2) is 12.0. The Morgan fingerprint density at radius 1 is 0.891 bits per heavy atom. The molecule has 4 aromatic rings. The third-order valence-corrected chi connectivity index (χ3v) is 9.09. The summed E-state index contributed by atoms with van der Waals surface area (Å²) in [4.78, 5) is 15.1. The second-order valence-corrected chi connectivity index (χ2v) is 12.0. The van der Waals surface area contributed by atoms with E-state index in [1.54, 1.807) is 4.57 Å². The number of aromatic nitrogens is 3. The standard InChI is InChI=1S/C33H32F6N4O3/c1-22(24-14-26(32(34,35)36)16-27(15-24)33(37,38)39)46-21-31(25-10-6-3-7-11-25)13-12-30(20-45-18-23-8-4-2-5-9-23)19-42(31)17-28-40-41-29(44)43(28)30/h2-11,14-16,22H,12-13,17-21H2,1H3,(H,41,44)/t22-,30-,31-/m1/s1. The van der Waals surface area contributed by atoms with Crippen molar-refractivity contribution in [1.29, 1.82) is 0 Å². The number of nitrogens with zero attached hydrogens (tertiary/aromatic N) is 3. The number of aromatic amines is 1. The van der Waals surface area contributed by atoms with Crippen molar-refractivity contribution in [2.24, 2.45) is 0 Å². The monoisotopic (exact) mass is 646 g/mol. The van der Waals surface area contributed by atoms with E-state index in [0.29, 0.717) is 44.0 Å². The molecule has 13 heteroatoms. The number of H-pyrrole nitrogens is 1. The van der Waals surface area contributed by atoms with Gasteiger partial charge in [-0.1, -0.05) is 60.7 Å². The highest BCUT2D eigenvalue weighted by atomic mass is 19.4. The van der Waals surface area contributed by atoms with Crippen LogP contribution in [0.5, 0.6) is 0 Å². The van der Waals surface area contributed by atoms with Crippen LogP contribution in [0.15, 0.2) is 83.7 Å². The Balaban J connectivity index is 1.31. The number of halogens is 6. The number of piperidine rings is 1. The molecule has 1 aromatic heterocycles. The largest absolute Gasteiger partial charge is 0.416 e. The van der Waals surface area contributed by atoms with Crippen LogP contribution in [0.3, 0.4) is 0 Å². The van der Waals surface area contributed by atoms with Crippen LogP contribution < -0.4 is 5.69 Å². The number of ether oxygens (including phenoxy) is 2. The van der Waals surface area contributed by atoms with Crippen LogP contribution in [0.2, 0.25) is 0 Å². The van der Waals surface area contributed by atoms with Gasteiger partial charge in [-0.05, 0) is 54.7 Å². The fourth-order valence-electron chi connectivity index (χ4n) is 6.68. The Bertz CT molecular complexity index is 1690. The van der Waals surface area contributed by atoms with Crippen molar-refractivity contribution in [2.75, 3.05) is 19.8 Å². The zero-order valence-corrected chi connectivity index (χ0v) is 24.9. The molecule has 3 heterocycles. The van der Waals surface area contributed by atoms with Crippen LogP contribution in [0.25, 0.3) is 0 Å². The highest BCUT2D eigenvalue weighted by molar-refractivity contribution is 5.35. The molecule has 244 valence electrons. The van der Waals surface area contributed by atoms with Gasteiger partial charge in [0.2, 0.25) is 0 Å². The van der Waals surface area contributed by atoms with E-state index in [4.69, 9.17) is 9.47 Å². The summed E-state index contributed by atoms with van der Waals surface area (Å²) in [5.41, 5.74) is -3.11. The highest BCUT2D eigenvalue weighted by Crippen LogP contribution is 2.48. The molecule has 46 heavy (non-hydrogen) atoms. The molecule has 1 N–H and O–H groups in total. The van der Waals surface area contributed by atoms with E-state index in [0.717, 1.165) is 11.1 Å². The number of benzene rings is 3. The van der Waals surface area contributed by atoms with Crippen LogP contribution in [0, 0.1) is 0 Å². The van der Waals surface area contributed by atoms with Crippen LogP contribution in [-0.2, 0) is 46.1 Å². The van der Waals surface area contributed by atoms with Crippen molar-refractivity contribution < 1.29 is 35.8 Å².